The smallest absolute Gasteiger partial charge is 0.133 e. The van der Waals surface area contributed by atoms with Crippen LogP contribution in [0.25, 0.3) is 0 Å². The summed E-state index contributed by atoms with van der Waals surface area (Å²) in [5.74, 6) is 2.10. The molecule has 3 atom stereocenters. The minimum absolute atomic E-state index is 0.0504. The summed E-state index contributed by atoms with van der Waals surface area (Å²) < 4.78 is 11.9. The summed E-state index contributed by atoms with van der Waals surface area (Å²) in [5, 5.41) is 0. The van der Waals surface area contributed by atoms with Crippen molar-refractivity contribution >= 4 is 0 Å². The van der Waals surface area contributed by atoms with Crippen LogP contribution in [0, 0.1) is 11.8 Å². The van der Waals surface area contributed by atoms with Crippen LogP contribution >= 0.6 is 0 Å². The van der Waals surface area contributed by atoms with E-state index >= 15 is 0 Å². The molecule has 3 rings (SSSR count). The molecule has 0 saturated carbocycles. The van der Waals surface area contributed by atoms with Crippen LogP contribution in [-0.4, -0.2) is 5.60 Å². The van der Waals surface area contributed by atoms with E-state index in [0.29, 0.717) is 11.8 Å². The monoisotopic (exact) mass is 232 g/mol. The molecule has 2 bridgehead atoms. The van der Waals surface area contributed by atoms with Crippen molar-refractivity contribution in [2.75, 3.05) is 0 Å². The quantitative estimate of drug-likeness (QED) is 0.680. The first-order chi connectivity index (χ1) is 8.08. The zero-order valence-corrected chi connectivity index (χ0v) is 10.8. The van der Waals surface area contributed by atoms with Crippen molar-refractivity contribution in [3.63, 3.8) is 0 Å². The molecule has 1 fully saturated rings. The molecule has 1 aliphatic heterocycles. The standard InChI is InChI=1S/C15H20O2/c1-10-6-7-11-9-12(10)14(17-15(11,2)3)13-5-4-8-16-13/h4-6,8,11-12,14H,7,9H2,1-3H3. The van der Waals surface area contributed by atoms with Gasteiger partial charge in [0.25, 0.3) is 0 Å². The minimum Gasteiger partial charge on any atom is -0.467 e. The van der Waals surface area contributed by atoms with Gasteiger partial charge in [-0.15, -0.1) is 0 Å². The van der Waals surface area contributed by atoms with Gasteiger partial charge in [-0.1, -0.05) is 11.6 Å². The van der Waals surface area contributed by atoms with Gasteiger partial charge in [-0.2, -0.15) is 0 Å². The molecule has 0 N–H and O–H groups in total. The predicted molar refractivity (Wildman–Crippen MR) is 66.6 cm³/mol. The Bertz CT molecular complexity index is 428. The van der Waals surface area contributed by atoms with Gasteiger partial charge in [-0.25, -0.2) is 0 Å². The lowest BCUT2D eigenvalue weighted by molar-refractivity contribution is -0.172. The highest BCUT2D eigenvalue weighted by Crippen LogP contribution is 2.50. The first-order valence-corrected chi connectivity index (χ1v) is 6.46. The second kappa shape index (κ2) is 3.74. The van der Waals surface area contributed by atoms with Gasteiger partial charge in [-0.05, 0) is 51.7 Å². The molecule has 3 unspecified atom stereocenters. The third kappa shape index (κ3) is 1.75. The number of allylic oxidation sites excluding steroid dienone is 1. The molecule has 17 heavy (non-hydrogen) atoms. The Morgan fingerprint density at radius 3 is 2.88 bits per heavy atom. The molecule has 0 spiro atoms. The van der Waals surface area contributed by atoms with Gasteiger partial charge in [-0.3, -0.25) is 0 Å². The number of rotatable bonds is 1. The van der Waals surface area contributed by atoms with Gasteiger partial charge in [0.2, 0.25) is 0 Å². The Hall–Kier alpha value is -1.02. The zero-order chi connectivity index (χ0) is 12.0. The number of hydrogen-bond donors (Lipinski definition) is 0. The van der Waals surface area contributed by atoms with Crippen LogP contribution in [0.5, 0.6) is 0 Å². The molecule has 1 aliphatic carbocycles. The maximum atomic E-state index is 6.32. The van der Waals surface area contributed by atoms with E-state index in [2.05, 4.69) is 26.8 Å². The Labute approximate surface area is 103 Å². The van der Waals surface area contributed by atoms with Crippen molar-refractivity contribution < 1.29 is 9.15 Å². The van der Waals surface area contributed by atoms with E-state index < -0.39 is 0 Å². The van der Waals surface area contributed by atoms with E-state index in [4.69, 9.17) is 9.15 Å². The fourth-order valence-corrected chi connectivity index (χ4v) is 3.21. The van der Waals surface area contributed by atoms with Crippen LogP contribution in [0.15, 0.2) is 34.5 Å². The van der Waals surface area contributed by atoms with Crippen LogP contribution in [0.4, 0.5) is 0 Å². The maximum Gasteiger partial charge on any atom is 0.133 e. The van der Waals surface area contributed by atoms with Gasteiger partial charge in [0.15, 0.2) is 0 Å². The van der Waals surface area contributed by atoms with Gasteiger partial charge < -0.3 is 9.15 Å². The molecule has 0 amide bonds. The third-order valence-electron chi connectivity index (χ3n) is 4.45. The van der Waals surface area contributed by atoms with Gasteiger partial charge in [0.05, 0.1) is 11.9 Å². The molecule has 0 aromatic carbocycles. The summed E-state index contributed by atoms with van der Waals surface area (Å²) in [6, 6.07) is 3.97. The number of furan rings is 1. The van der Waals surface area contributed by atoms with Crippen molar-refractivity contribution in [1.29, 1.82) is 0 Å². The van der Waals surface area contributed by atoms with Crippen LogP contribution < -0.4 is 0 Å². The van der Waals surface area contributed by atoms with Crippen LogP contribution in [-0.2, 0) is 4.74 Å². The zero-order valence-electron chi connectivity index (χ0n) is 10.8. The highest BCUT2D eigenvalue weighted by molar-refractivity contribution is 5.19. The number of fused-ring (bicyclic) bond motifs is 2. The largest absolute Gasteiger partial charge is 0.467 e. The number of hydrogen-bond acceptors (Lipinski definition) is 2. The van der Waals surface area contributed by atoms with Crippen molar-refractivity contribution in [2.24, 2.45) is 11.8 Å². The molecule has 1 aromatic rings. The molecule has 2 aliphatic rings. The Morgan fingerprint density at radius 2 is 2.18 bits per heavy atom. The van der Waals surface area contributed by atoms with Crippen LogP contribution in [0.2, 0.25) is 0 Å². The molecular weight excluding hydrogens is 212 g/mol. The van der Waals surface area contributed by atoms with E-state index in [9.17, 15) is 0 Å². The van der Waals surface area contributed by atoms with Gasteiger partial charge in [0, 0.05) is 5.92 Å². The van der Waals surface area contributed by atoms with E-state index in [1.54, 1.807) is 6.26 Å². The normalized spacial score (nSPS) is 35.5. The first-order valence-electron chi connectivity index (χ1n) is 6.46. The van der Waals surface area contributed by atoms with E-state index in [1.165, 1.54) is 12.0 Å². The van der Waals surface area contributed by atoms with Crippen LogP contribution in [0.3, 0.4) is 0 Å². The Balaban J connectivity index is 1.98. The maximum absolute atomic E-state index is 6.32. The van der Waals surface area contributed by atoms with Crippen molar-refractivity contribution in [1.82, 2.24) is 0 Å². The highest BCUT2D eigenvalue weighted by atomic mass is 16.5. The summed E-state index contributed by atoms with van der Waals surface area (Å²) >= 11 is 0. The average molecular weight is 232 g/mol. The van der Waals surface area contributed by atoms with Crippen molar-refractivity contribution in [3.05, 3.63) is 35.8 Å². The topological polar surface area (TPSA) is 22.4 Å². The lowest BCUT2D eigenvalue weighted by Gasteiger charge is -2.48. The van der Waals surface area contributed by atoms with Gasteiger partial charge in [0.1, 0.15) is 11.9 Å². The third-order valence-corrected chi connectivity index (χ3v) is 4.45. The SMILES string of the molecule is CC1=CCC2CC1C(c1ccco1)OC2(C)C. The molecular formula is C15H20O2. The first kappa shape index (κ1) is 11.1. The fraction of sp³-hybridized carbons (Fsp3) is 0.600. The second-order valence-corrected chi connectivity index (χ2v) is 5.88. The van der Waals surface area contributed by atoms with Crippen LogP contribution in [0.1, 0.15) is 45.5 Å². The second-order valence-electron chi connectivity index (χ2n) is 5.88. The molecule has 92 valence electrons. The summed E-state index contributed by atoms with van der Waals surface area (Å²) in [6.07, 6.45) is 6.59. The molecule has 2 nitrogen and oxygen atoms in total. The Morgan fingerprint density at radius 1 is 1.35 bits per heavy atom. The molecule has 1 saturated heterocycles. The summed E-state index contributed by atoms with van der Waals surface area (Å²) in [6.45, 7) is 6.63. The van der Waals surface area contributed by atoms with E-state index in [-0.39, 0.29) is 11.7 Å². The molecule has 0 radical (unpaired) electrons. The van der Waals surface area contributed by atoms with E-state index in [0.717, 1.165) is 12.2 Å². The van der Waals surface area contributed by atoms with Crippen molar-refractivity contribution in [2.45, 2.75) is 45.3 Å². The lowest BCUT2D eigenvalue weighted by atomic mass is 9.69. The molecule has 2 heteroatoms. The summed E-state index contributed by atoms with van der Waals surface area (Å²) in [4.78, 5) is 0. The lowest BCUT2D eigenvalue weighted by Crippen LogP contribution is -2.45. The summed E-state index contributed by atoms with van der Waals surface area (Å²) in [5.41, 5.74) is 1.41. The molecule has 1 aromatic heterocycles. The Kier molecular flexibility index (Phi) is 2.44. The van der Waals surface area contributed by atoms with Crippen molar-refractivity contribution in [3.8, 4) is 0 Å². The predicted octanol–water partition coefficient (Wildman–Crippen LogP) is 4.10. The summed E-state index contributed by atoms with van der Waals surface area (Å²) in [7, 11) is 0. The number of ether oxygens (including phenoxy) is 1. The minimum atomic E-state index is -0.0504. The van der Waals surface area contributed by atoms with E-state index in [1.807, 2.05) is 12.1 Å². The fourth-order valence-electron chi connectivity index (χ4n) is 3.21. The average Bonchev–Trinajstić information content (AvgIpc) is 2.79. The van der Waals surface area contributed by atoms with Gasteiger partial charge >= 0.3 is 0 Å². The molecule has 2 heterocycles. The highest BCUT2D eigenvalue weighted by Gasteiger charge is 2.46.